The van der Waals surface area contributed by atoms with Gasteiger partial charge >= 0.3 is 5.97 Å². The molecule has 0 spiro atoms. The Bertz CT molecular complexity index is 682. The lowest BCUT2D eigenvalue weighted by molar-refractivity contribution is 0.0690. The normalized spacial score (nSPS) is 22.4. The standard InChI is InChI=1S/C15H16N2O3/c1-15(20)6-7-17(9-15)13-11-5-3-2-4-10(11)8-12(16-13)14(18)19/h2-5,8,20H,6-7,9H2,1H3,(H,18,19). The summed E-state index contributed by atoms with van der Waals surface area (Å²) in [5, 5.41) is 21.0. The number of aliphatic hydroxyl groups is 1. The van der Waals surface area contributed by atoms with Gasteiger partial charge in [-0.25, -0.2) is 9.78 Å². The van der Waals surface area contributed by atoms with Gasteiger partial charge in [0.05, 0.1) is 5.60 Å². The number of aromatic nitrogens is 1. The lowest BCUT2D eigenvalue weighted by atomic mass is 10.1. The molecule has 1 aromatic heterocycles. The minimum absolute atomic E-state index is 0.0326. The van der Waals surface area contributed by atoms with Gasteiger partial charge in [0.15, 0.2) is 5.69 Å². The molecule has 1 saturated heterocycles. The highest BCUT2D eigenvalue weighted by molar-refractivity contribution is 5.98. The van der Waals surface area contributed by atoms with Crippen LogP contribution in [0.5, 0.6) is 0 Å². The maximum absolute atomic E-state index is 11.2. The molecule has 0 saturated carbocycles. The van der Waals surface area contributed by atoms with Crippen LogP contribution in [0, 0.1) is 0 Å². The summed E-state index contributed by atoms with van der Waals surface area (Å²) in [6.45, 7) is 2.93. The van der Waals surface area contributed by atoms with Crippen LogP contribution in [0.4, 0.5) is 5.82 Å². The molecule has 2 aromatic rings. The highest BCUT2D eigenvalue weighted by Crippen LogP contribution is 2.31. The maximum atomic E-state index is 11.2. The van der Waals surface area contributed by atoms with Gasteiger partial charge in [0.1, 0.15) is 5.82 Å². The van der Waals surface area contributed by atoms with Crippen molar-refractivity contribution in [3.63, 3.8) is 0 Å². The van der Waals surface area contributed by atoms with Crippen molar-refractivity contribution in [2.75, 3.05) is 18.0 Å². The summed E-state index contributed by atoms with van der Waals surface area (Å²) in [6, 6.07) is 9.16. The summed E-state index contributed by atoms with van der Waals surface area (Å²) in [5.74, 6) is -0.402. The molecule has 20 heavy (non-hydrogen) atoms. The molecule has 1 aliphatic heterocycles. The SMILES string of the molecule is CC1(O)CCN(c2nc(C(=O)O)cc3ccccc23)C1. The van der Waals surface area contributed by atoms with Gasteiger partial charge in [-0.15, -0.1) is 0 Å². The van der Waals surface area contributed by atoms with Crippen molar-refractivity contribution >= 4 is 22.6 Å². The monoisotopic (exact) mass is 272 g/mol. The zero-order chi connectivity index (χ0) is 14.3. The second-order valence-electron chi connectivity index (χ2n) is 5.53. The number of hydrogen-bond donors (Lipinski definition) is 2. The van der Waals surface area contributed by atoms with Crippen molar-refractivity contribution in [2.24, 2.45) is 0 Å². The molecule has 5 heteroatoms. The summed E-state index contributed by atoms with van der Waals surface area (Å²) < 4.78 is 0. The summed E-state index contributed by atoms with van der Waals surface area (Å²) >= 11 is 0. The Morgan fingerprint density at radius 2 is 2.15 bits per heavy atom. The van der Waals surface area contributed by atoms with Crippen LogP contribution in [0.25, 0.3) is 10.8 Å². The molecule has 1 aromatic carbocycles. The number of β-amino-alcohol motifs (C(OH)–C–C–N with tert-alkyl or cyclic N) is 1. The number of hydrogen-bond acceptors (Lipinski definition) is 4. The molecule has 0 bridgehead atoms. The molecule has 104 valence electrons. The maximum Gasteiger partial charge on any atom is 0.354 e. The number of rotatable bonds is 2. The van der Waals surface area contributed by atoms with Gasteiger partial charge in [-0.3, -0.25) is 0 Å². The third-order valence-electron chi connectivity index (χ3n) is 3.69. The van der Waals surface area contributed by atoms with Gasteiger partial charge in [-0.2, -0.15) is 0 Å². The molecule has 1 atom stereocenters. The molecule has 2 heterocycles. The summed E-state index contributed by atoms with van der Waals surface area (Å²) in [6.07, 6.45) is 0.653. The predicted octanol–water partition coefficient (Wildman–Crippen LogP) is 1.89. The Kier molecular flexibility index (Phi) is 2.87. The van der Waals surface area contributed by atoms with Crippen LogP contribution in [0.3, 0.4) is 0 Å². The summed E-state index contributed by atoms with van der Waals surface area (Å²) in [7, 11) is 0. The van der Waals surface area contributed by atoms with Crippen LogP contribution in [0.15, 0.2) is 30.3 Å². The number of carbonyl (C=O) groups is 1. The topological polar surface area (TPSA) is 73.7 Å². The van der Waals surface area contributed by atoms with Gasteiger partial charge in [-0.1, -0.05) is 24.3 Å². The quantitative estimate of drug-likeness (QED) is 0.873. The fraction of sp³-hybridized carbons (Fsp3) is 0.333. The van der Waals surface area contributed by atoms with E-state index in [0.717, 1.165) is 10.8 Å². The van der Waals surface area contributed by atoms with Gasteiger partial charge in [0.2, 0.25) is 0 Å². The van der Waals surface area contributed by atoms with Crippen molar-refractivity contribution in [3.05, 3.63) is 36.0 Å². The Morgan fingerprint density at radius 3 is 2.80 bits per heavy atom. The Morgan fingerprint density at radius 1 is 1.40 bits per heavy atom. The molecular weight excluding hydrogens is 256 g/mol. The van der Waals surface area contributed by atoms with Crippen molar-refractivity contribution in [3.8, 4) is 0 Å². The van der Waals surface area contributed by atoms with Gasteiger partial charge in [-0.05, 0) is 24.8 Å². The third-order valence-corrected chi connectivity index (χ3v) is 3.69. The minimum atomic E-state index is -1.04. The van der Waals surface area contributed by atoms with E-state index in [1.54, 1.807) is 13.0 Å². The van der Waals surface area contributed by atoms with Crippen molar-refractivity contribution < 1.29 is 15.0 Å². The van der Waals surface area contributed by atoms with Crippen LogP contribution in [-0.2, 0) is 0 Å². The smallest absolute Gasteiger partial charge is 0.354 e. The molecule has 2 N–H and O–H groups in total. The third kappa shape index (κ3) is 2.20. The van der Waals surface area contributed by atoms with Crippen LogP contribution in [0.2, 0.25) is 0 Å². The van der Waals surface area contributed by atoms with E-state index < -0.39 is 11.6 Å². The summed E-state index contributed by atoms with van der Waals surface area (Å²) in [4.78, 5) is 17.4. The number of carboxylic acids is 1. The molecule has 1 fully saturated rings. The highest BCUT2D eigenvalue weighted by atomic mass is 16.4. The van der Waals surface area contributed by atoms with Gasteiger partial charge in [0.25, 0.3) is 0 Å². The average molecular weight is 272 g/mol. The van der Waals surface area contributed by atoms with Crippen LogP contribution in [0.1, 0.15) is 23.8 Å². The largest absolute Gasteiger partial charge is 0.477 e. The van der Waals surface area contributed by atoms with E-state index in [0.29, 0.717) is 25.3 Å². The molecule has 0 radical (unpaired) electrons. The molecular formula is C15H16N2O3. The van der Waals surface area contributed by atoms with E-state index in [-0.39, 0.29) is 5.69 Å². The first kappa shape index (κ1) is 12.9. The van der Waals surface area contributed by atoms with E-state index >= 15 is 0 Å². The average Bonchev–Trinajstić information content (AvgIpc) is 2.77. The molecule has 5 nitrogen and oxygen atoms in total. The molecule has 0 aliphatic carbocycles. The zero-order valence-corrected chi connectivity index (χ0v) is 11.2. The van der Waals surface area contributed by atoms with Gasteiger partial charge in [0, 0.05) is 18.5 Å². The summed E-state index contributed by atoms with van der Waals surface area (Å²) in [5.41, 5.74) is -0.715. The van der Waals surface area contributed by atoms with E-state index in [1.807, 2.05) is 29.2 Å². The fourth-order valence-corrected chi connectivity index (χ4v) is 2.66. The molecule has 1 unspecified atom stereocenters. The fourth-order valence-electron chi connectivity index (χ4n) is 2.66. The van der Waals surface area contributed by atoms with E-state index in [4.69, 9.17) is 0 Å². The molecule has 1 aliphatic rings. The Hall–Kier alpha value is -2.14. The molecule has 3 rings (SSSR count). The number of nitrogens with zero attached hydrogens (tertiary/aromatic N) is 2. The highest BCUT2D eigenvalue weighted by Gasteiger charge is 2.33. The van der Waals surface area contributed by atoms with Crippen molar-refractivity contribution in [2.45, 2.75) is 18.9 Å². The van der Waals surface area contributed by atoms with Crippen LogP contribution in [-0.4, -0.2) is 39.9 Å². The van der Waals surface area contributed by atoms with Crippen LogP contribution >= 0.6 is 0 Å². The van der Waals surface area contributed by atoms with E-state index in [2.05, 4.69) is 4.98 Å². The van der Waals surface area contributed by atoms with Gasteiger partial charge < -0.3 is 15.1 Å². The number of aromatic carboxylic acids is 1. The van der Waals surface area contributed by atoms with Crippen molar-refractivity contribution in [1.29, 1.82) is 0 Å². The number of benzene rings is 1. The van der Waals surface area contributed by atoms with Crippen molar-refractivity contribution in [1.82, 2.24) is 4.98 Å². The first-order chi connectivity index (χ1) is 9.46. The predicted molar refractivity (Wildman–Crippen MR) is 76.2 cm³/mol. The van der Waals surface area contributed by atoms with Crippen LogP contribution < -0.4 is 4.90 Å². The minimum Gasteiger partial charge on any atom is -0.477 e. The lowest BCUT2D eigenvalue weighted by Gasteiger charge is -2.21. The zero-order valence-electron chi connectivity index (χ0n) is 11.2. The second kappa shape index (κ2) is 4.45. The number of anilines is 1. The van der Waals surface area contributed by atoms with E-state index in [9.17, 15) is 15.0 Å². The Balaban J connectivity index is 2.15. The molecule has 0 amide bonds. The number of pyridine rings is 1. The lowest BCUT2D eigenvalue weighted by Crippen LogP contribution is -2.30. The van der Waals surface area contributed by atoms with E-state index in [1.165, 1.54) is 0 Å². The number of carboxylic acid groups (broad SMARTS) is 1. The Labute approximate surface area is 116 Å². The first-order valence-corrected chi connectivity index (χ1v) is 6.57. The number of fused-ring (bicyclic) bond motifs is 1. The first-order valence-electron chi connectivity index (χ1n) is 6.57. The second-order valence-corrected chi connectivity index (χ2v) is 5.53.